The van der Waals surface area contributed by atoms with E-state index < -0.39 is 61.1 Å². The van der Waals surface area contributed by atoms with Crippen molar-refractivity contribution in [1.82, 2.24) is 25.9 Å². The normalized spacial score (nSPS) is 15.0. The van der Waals surface area contributed by atoms with Gasteiger partial charge in [0.2, 0.25) is 17.7 Å². The molecule has 1 aromatic rings. The Labute approximate surface area is 159 Å². The molecule has 0 saturated carbocycles. The smallest absolute Gasteiger partial charge is 0.325 e. The number of aromatic amines is 1. The van der Waals surface area contributed by atoms with Gasteiger partial charge in [-0.05, 0) is 6.92 Å². The van der Waals surface area contributed by atoms with Crippen LogP contribution in [0, 0.1) is 0 Å². The number of nitrogens with two attached hydrogens (primary N) is 1. The van der Waals surface area contributed by atoms with Gasteiger partial charge in [-0.25, -0.2) is 4.98 Å². The fourth-order valence-electron chi connectivity index (χ4n) is 2.03. The molecule has 0 aliphatic heterocycles. The summed E-state index contributed by atoms with van der Waals surface area (Å²) in [6.07, 6.45) is 2.73. The summed E-state index contributed by atoms with van der Waals surface area (Å²) >= 11 is 0. The van der Waals surface area contributed by atoms with Crippen molar-refractivity contribution in [2.75, 3.05) is 13.2 Å². The van der Waals surface area contributed by atoms with Crippen LogP contribution in [-0.2, 0) is 25.6 Å². The number of imidazole rings is 1. The van der Waals surface area contributed by atoms with Gasteiger partial charge in [-0.3, -0.25) is 19.2 Å². The zero-order valence-electron chi connectivity index (χ0n) is 15.1. The number of aliphatic hydroxyl groups excluding tert-OH is 2. The zero-order valence-corrected chi connectivity index (χ0v) is 15.1. The minimum atomic E-state index is -1.43. The molecule has 4 atom stereocenters. The van der Waals surface area contributed by atoms with E-state index in [1.165, 1.54) is 19.4 Å². The van der Waals surface area contributed by atoms with Crippen molar-refractivity contribution in [3.63, 3.8) is 0 Å². The van der Waals surface area contributed by atoms with E-state index in [-0.39, 0.29) is 6.42 Å². The first-order valence-electron chi connectivity index (χ1n) is 8.28. The lowest BCUT2D eigenvalue weighted by atomic mass is 10.1. The molecule has 0 aliphatic carbocycles. The van der Waals surface area contributed by atoms with E-state index in [4.69, 9.17) is 15.9 Å². The number of H-pyrrole nitrogens is 1. The molecule has 3 amide bonds. The van der Waals surface area contributed by atoms with Gasteiger partial charge < -0.3 is 42.0 Å². The molecule has 0 fully saturated rings. The highest BCUT2D eigenvalue weighted by Gasteiger charge is 2.29. The average Bonchev–Trinajstić information content (AvgIpc) is 3.17. The number of nitrogens with one attached hydrogen (secondary N) is 4. The molecule has 0 bridgehead atoms. The first-order valence-corrected chi connectivity index (χ1v) is 8.28. The molecule has 1 rings (SSSR count). The summed E-state index contributed by atoms with van der Waals surface area (Å²) in [7, 11) is 0. The first-order chi connectivity index (χ1) is 13.2. The van der Waals surface area contributed by atoms with Crippen LogP contribution < -0.4 is 21.7 Å². The van der Waals surface area contributed by atoms with Crippen molar-refractivity contribution in [3.05, 3.63) is 18.2 Å². The lowest BCUT2D eigenvalue weighted by Crippen LogP contribution is -2.58. The molecule has 4 unspecified atom stereocenters. The SMILES string of the molecule is CC(NC(=O)C(Cc1cnc[nH]1)NC(=O)C(CO)NC(=O)C(N)CO)C(=O)O. The molecule has 28 heavy (non-hydrogen) atoms. The fourth-order valence-corrected chi connectivity index (χ4v) is 2.03. The Morgan fingerprint density at radius 2 is 1.68 bits per heavy atom. The van der Waals surface area contributed by atoms with Gasteiger partial charge >= 0.3 is 5.97 Å². The number of carboxylic acid groups (broad SMARTS) is 1. The first kappa shape index (κ1) is 23.0. The van der Waals surface area contributed by atoms with Gasteiger partial charge in [0.1, 0.15) is 24.2 Å². The molecule has 156 valence electrons. The second-order valence-electron chi connectivity index (χ2n) is 5.94. The monoisotopic (exact) mass is 400 g/mol. The zero-order chi connectivity index (χ0) is 21.3. The van der Waals surface area contributed by atoms with Crippen molar-refractivity contribution in [1.29, 1.82) is 0 Å². The highest BCUT2D eigenvalue weighted by atomic mass is 16.4. The van der Waals surface area contributed by atoms with Gasteiger partial charge in [-0.2, -0.15) is 0 Å². The van der Waals surface area contributed by atoms with Crippen LogP contribution in [0.3, 0.4) is 0 Å². The van der Waals surface area contributed by atoms with Gasteiger partial charge in [0.05, 0.1) is 19.5 Å². The molecular weight excluding hydrogens is 376 g/mol. The number of rotatable bonds is 11. The van der Waals surface area contributed by atoms with Crippen molar-refractivity contribution in [2.45, 2.75) is 37.5 Å². The summed E-state index contributed by atoms with van der Waals surface area (Å²) in [5.74, 6) is -3.82. The summed E-state index contributed by atoms with van der Waals surface area (Å²) in [4.78, 5) is 53.9. The van der Waals surface area contributed by atoms with Crippen LogP contribution in [0.15, 0.2) is 12.5 Å². The van der Waals surface area contributed by atoms with E-state index in [1.807, 2.05) is 0 Å². The second kappa shape index (κ2) is 11.0. The number of aliphatic carboxylic acids is 1. The third-order valence-corrected chi connectivity index (χ3v) is 3.69. The molecule has 1 heterocycles. The molecule has 0 spiro atoms. The number of aliphatic hydroxyl groups is 2. The summed E-state index contributed by atoms with van der Waals surface area (Å²) in [6, 6.07) is -5.14. The third kappa shape index (κ3) is 6.94. The maximum atomic E-state index is 12.4. The second-order valence-corrected chi connectivity index (χ2v) is 5.94. The molecule has 0 saturated heterocycles. The molecule has 0 aliphatic rings. The Kier molecular flexibility index (Phi) is 9.01. The Morgan fingerprint density at radius 1 is 1.07 bits per heavy atom. The number of hydrogen-bond acceptors (Lipinski definition) is 8. The van der Waals surface area contributed by atoms with Crippen molar-refractivity contribution in [3.8, 4) is 0 Å². The minimum Gasteiger partial charge on any atom is -0.480 e. The Hall–Kier alpha value is -3.03. The quantitative estimate of drug-likeness (QED) is 0.180. The van der Waals surface area contributed by atoms with Crippen LogP contribution in [0.5, 0.6) is 0 Å². The largest absolute Gasteiger partial charge is 0.480 e. The number of carboxylic acids is 1. The summed E-state index contributed by atoms with van der Waals surface area (Å²) < 4.78 is 0. The van der Waals surface area contributed by atoms with Crippen LogP contribution in [-0.4, -0.2) is 86.4 Å². The van der Waals surface area contributed by atoms with Gasteiger partial charge in [0, 0.05) is 18.3 Å². The molecule has 0 radical (unpaired) electrons. The average molecular weight is 400 g/mol. The Morgan fingerprint density at radius 3 is 2.18 bits per heavy atom. The van der Waals surface area contributed by atoms with Crippen molar-refractivity contribution in [2.24, 2.45) is 5.73 Å². The van der Waals surface area contributed by atoms with Crippen LogP contribution in [0.1, 0.15) is 12.6 Å². The summed E-state index contributed by atoms with van der Waals surface area (Å²) in [5, 5.41) is 33.9. The highest BCUT2D eigenvalue weighted by Crippen LogP contribution is 2.01. The fraction of sp³-hybridized carbons (Fsp3) is 0.533. The van der Waals surface area contributed by atoms with E-state index in [0.29, 0.717) is 5.69 Å². The maximum absolute atomic E-state index is 12.4. The van der Waals surface area contributed by atoms with E-state index >= 15 is 0 Å². The minimum absolute atomic E-state index is 0.0494. The predicted octanol–water partition coefficient (Wildman–Crippen LogP) is -4.18. The maximum Gasteiger partial charge on any atom is 0.325 e. The molecule has 9 N–H and O–H groups in total. The number of amides is 3. The van der Waals surface area contributed by atoms with E-state index in [1.54, 1.807) is 0 Å². The number of nitrogens with zero attached hydrogens (tertiary/aromatic N) is 1. The van der Waals surface area contributed by atoms with Gasteiger partial charge in [-0.15, -0.1) is 0 Å². The number of hydrogen-bond donors (Lipinski definition) is 8. The summed E-state index contributed by atoms with van der Waals surface area (Å²) in [5.41, 5.74) is 5.82. The standard InChI is InChI=1S/C15H24N6O7/c1-7(15(27)28)19-13(25)10(2-8-3-17-6-18-8)20-14(26)11(5-23)21-12(24)9(16)4-22/h3,6-7,9-11,22-23H,2,4-5,16H2,1H3,(H,17,18)(H,19,25)(H,20,26)(H,21,24)(H,27,28). The molecule has 13 heteroatoms. The van der Waals surface area contributed by atoms with E-state index in [9.17, 15) is 24.3 Å². The Bertz CT molecular complexity index is 680. The van der Waals surface area contributed by atoms with Gasteiger partial charge in [-0.1, -0.05) is 0 Å². The van der Waals surface area contributed by atoms with E-state index in [0.717, 1.165) is 0 Å². The molecule has 1 aromatic heterocycles. The highest BCUT2D eigenvalue weighted by molar-refractivity contribution is 5.94. The number of carbonyl (C=O) groups is 4. The lowest BCUT2D eigenvalue weighted by Gasteiger charge is -2.23. The van der Waals surface area contributed by atoms with Crippen LogP contribution in [0.2, 0.25) is 0 Å². The third-order valence-electron chi connectivity index (χ3n) is 3.69. The number of carbonyl (C=O) groups excluding carboxylic acids is 3. The van der Waals surface area contributed by atoms with Crippen LogP contribution >= 0.6 is 0 Å². The molecular formula is C15H24N6O7. The van der Waals surface area contributed by atoms with E-state index in [2.05, 4.69) is 25.9 Å². The lowest BCUT2D eigenvalue weighted by molar-refractivity contribution is -0.141. The van der Waals surface area contributed by atoms with Crippen LogP contribution in [0.4, 0.5) is 0 Å². The molecule has 0 aromatic carbocycles. The predicted molar refractivity (Wildman–Crippen MR) is 93.5 cm³/mol. The Balaban J connectivity index is 2.87. The van der Waals surface area contributed by atoms with Crippen LogP contribution in [0.25, 0.3) is 0 Å². The van der Waals surface area contributed by atoms with Crippen molar-refractivity contribution < 1.29 is 34.5 Å². The number of aromatic nitrogens is 2. The molecule has 13 nitrogen and oxygen atoms in total. The summed E-state index contributed by atoms with van der Waals surface area (Å²) in [6.45, 7) is -0.203. The topological polar surface area (TPSA) is 220 Å². The van der Waals surface area contributed by atoms with Crippen molar-refractivity contribution >= 4 is 23.7 Å². The van der Waals surface area contributed by atoms with Gasteiger partial charge in [0.15, 0.2) is 0 Å². The van der Waals surface area contributed by atoms with Gasteiger partial charge in [0.25, 0.3) is 0 Å².